The van der Waals surface area contributed by atoms with Crippen molar-refractivity contribution >= 4 is 5.97 Å². The molecule has 0 amide bonds. The van der Waals surface area contributed by atoms with Crippen LogP contribution in [0.4, 0.5) is 0 Å². The highest BCUT2D eigenvalue weighted by molar-refractivity contribution is 5.71. The van der Waals surface area contributed by atoms with Gasteiger partial charge in [-0.15, -0.1) is 0 Å². The van der Waals surface area contributed by atoms with Crippen molar-refractivity contribution in [2.75, 3.05) is 85.5 Å². The summed E-state index contributed by atoms with van der Waals surface area (Å²) < 4.78 is 21.3. The standard InChI is InChI=1S/C18H36N2O6/c1-18(2,3)26-17(22)16-25-15-14-24-12-9-20-6-4-19(5-7-20)8-11-23-13-10-21/h21H,4-16H2,1-3H3. The Bertz CT molecular complexity index is 367. The Hall–Kier alpha value is -0.770. The number of nitrogens with zero attached hydrogens (tertiary/aromatic N) is 2. The average Bonchev–Trinajstić information content (AvgIpc) is 2.57. The van der Waals surface area contributed by atoms with Gasteiger partial charge in [-0.3, -0.25) is 9.80 Å². The molecule has 0 radical (unpaired) electrons. The van der Waals surface area contributed by atoms with Crippen molar-refractivity contribution in [3.05, 3.63) is 0 Å². The van der Waals surface area contributed by atoms with Crippen molar-refractivity contribution in [1.82, 2.24) is 9.80 Å². The van der Waals surface area contributed by atoms with Crippen molar-refractivity contribution in [1.29, 1.82) is 0 Å². The van der Waals surface area contributed by atoms with Crippen LogP contribution in [0.1, 0.15) is 20.8 Å². The molecule has 0 aromatic heterocycles. The zero-order valence-electron chi connectivity index (χ0n) is 16.6. The lowest BCUT2D eigenvalue weighted by Crippen LogP contribution is -2.48. The van der Waals surface area contributed by atoms with Crippen LogP contribution < -0.4 is 0 Å². The molecule has 1 aliphatic heterocycles. The Morgan fingerprint density at radius 2 is 1.35 bits per heavy atom. The van der Waals surface area contributed by atoms with Crippen molar-refractivity contribution in [3.63, 3.8) is 0 Å². The summed E-state index contributed by atoms with van der Waals surface area (Å²) in [5, 5.41) is 8.67. The van der Waals surface area contributed by atoms with E-state index in [2.05, 4.69) is 9.80 Å². The van der Waals surface area contributed by atoms with Crippen LogP contribution >= 0.6 is 0 Å². The molecule has 8 heteroatoms. The van der Waals surface area contributed by atoms with Gasteiger partial charge in [0.1, 0.15) is 12.2 Å². The first-order chi connectivity index (χ1) is 12.4. The van der Waals surface area contributed by atoms with E-state index in [1.165, 1.54) is 0 Å². The number of rotatable bonds is 13. The second kappa shape index (κ2) is 13.4. The third-order valence-electron chi connectivity index (χ3n) is 3.82. The summed E-state index contributed by atoms with van der Waals surface area (Å²) in [6, 6.07) is 0. The van der Waals surface area contributed by atoms with E-state index in [0.717, 1.165) is 39.3 Å². The van der Waals surface area contributed by atoms with E-state index in [4.69, 9.17) is 24.1 Å². The molecule has 0 spiro atoms. The topological polar surface area (TPSA) is 80.7 Å². The van der Waals surface area contributed by atoms with Gasteiger partial charge in [-0.1, -0.05) is 0 Å². The monoisotopic (exact) mass is 376 g/mol. The summed E-state index contributed by atoms with van der Waals surface area (Å²) in [6.45, 7) is 14.1. The van der Waals surface area contributed by atoms with E-state index >= 15 is 0 Å². The van der Waals surface area contributed by atoms with Gasteiger partial charge in [0.25, 0.3) is 0 Å². The van der Waals surface area contributed by atoms with Crippen LogP contribution in [-0.4, -0.2) is 112 Å². The van der Waals surface area contributed by atoms with E-state index in [1.54, 1.807) is 0 Å². The molecular weight excluding hydrogens is 340 g/mol. The first-order valence-corrected chi connectivity index (χ1v) is 9.41. The quantitative estimate of drug-likeness (QED) is 0.355. The van der Waals surface area contributed by atoms with Gasteiger partial charge in [-0.2, -0.15) is 0 Å². The number of carbonyl (C=O) groups excluding carboxylic acids is 1. The number of carbonyl (C=O) groups is 1. The summed E-state index contributed by atoms with van der Waals surface area (Å²) in [4.78, 5) is 16.2. The molecular formula is C18H36N2O6. The second-order valence-corrected chi connectivity index (χ2v) is 7.27. The van der Waals surface area contributed by atoms with E-state index in [1.807, 2.05) is 20.8 Å². The van der Waals surface area contributed by atoms with Crippen LogP contribution in [0.3, 0.4) is 0 Å². The van der Waals surface area contributed by atoms with Crippen LogP contribution in [0.2, 0.25) is 0 Å². The number of aliphatic hydroxyl groups is 1. The molecule has 8 nitrogen and oxygen atoms in total. The predicted molar refractivity (Wildman–Crippen MR) is 98.3 cm³/mol. The molecule has 0 aromatic rings. The molecule has 0 unspecified atom stereocenters. The fraction of sp³-hybridized carbons (Fsp3) is 0.944. The maximum atomic E-state index is 11.5. The Morgan fingerprint density at radius 3 is 1.85 bits per heavy atom. The van der Waals surface area contributed by atoms with Crippen LogP contribution in [-0.2, 0) is 23.7 Å². The summed E-state index contributed by atoms with van der Waals surface area (Å²) in [6.07, 6.45) is 0. The maximum absolute atomic E-state index is 11.5. The van der Waals surface area contributed by atoms with Crippen LogP contribution in [0.25, 0.3) is 0 Å². The Kier molecular flexibility index (Phi) is 12.0. The summed E-state index contributed by atoms with van der Waals surface area (Å²) in [5.41, 5.74) is -0.479. The number of hydrogen-bond donors (Lipinski definition) is 1. The highest BCUT2D eigenvalue weighted by Gasteiger charge is 2.17. The number of ether oxygens (including phenoxy) is 4. The number of aliphatic hydroxyl groups excluding tert-OH is 1. The van der Waals surface area contributed by atoms with Crippen LogP contribution in [0, 0.1) is 0 Å². The molecule has 1 rings (SSSR count). The fourth-order valence-electron chi connectivity index (χ4n) is 2.54. The Labute approximate surface area is 157 Å². The zero-order valence-corrected chi connectivity index (χ0v) is 16.6. The zero-order chi connectivity index (χ0) is 19.3. The number of esters is 1. The van der Waals surface area contributed by atoms with E-state index in [9.17, 15) is 4.79 Å². The molecule has 1 fully saturated rings. The molecule has 0 saturated carbocycles. The van der Waals surface area contributed by atoms with E-state index in [0.29, 0.717) is 33.0 Å². The molecule has 0 bridgehead atoms. The predicted octanol–water partition coefficient (Wildman–Crippen LogP) is -0.0122. The van der Waals surface area contributed by atoms with Gasteiger partial charge < -0.3 is 24.1 Å². The first-order valence-electron chi connectivity index (χ1n) is 9.41. The van der Waals surface area contributed by atoms with Gasteiger partial charge in [0.2, 0.25) is 0 Å². The van der Waals surface area contributed by atoms with Crippen LogP contribution in [0.5, 0.6) is 0 Å². The van der Waals surface area contributed by atoms with Gasteiger partial charge >= 0.3 is 5.97 Å². The lowest BCUT2D eigenvalue weighted by atomic mass is 10.2. The first kappa shape index (κ1) is 23.3. The number of piperazine rings is 1. The van der Waals surface area contributed by atoms with E-state index in [-0.39, 0.29) is 19.2 Å². The Morgan fingerprint density at radius 1 is 0.846 bits per heavy atom. The Balaban J connectivity index is 1.91. The highest BCUT2D eigenvalue weighted by Crippen LogP contribution is 2.06. The fourth-order valence-corrected chi connectivity index (χ4v) is 2.54. The normalized spacial score (nSPS) is 16.8. The maximum Gasteiger partial charge on any atom is 0.332 e. The molecule has 1 heterocycles. The number of hydrogen-bond acceptors (Lipinski definition) is 8. The molecule has 1 N–H and O–H groups in total. The average molecular weight is 376 g/mol. The molecule has 1 aliphatic rings. The van der Waals surface area contributed by atoms with Crippen molar-refractivity contribution in [2.24, 2.45) is 0 Å². The van der Waals surface area contributed by atoms with Gasteiger partial charge in [0, 0.05) is 39.3 Å². The lowest BCUT2D eigenvalue weighted by Gasteiger charge is -2.34. The third kappa shape index (κ3) is 12.6. The molecule has 1 saturated heterocycles. The summed E-state index contributed by atoms with van der Waals surface area (Å²) >= 11 is 0. The summed E-state index contributed by atoms with van der Waals surface area (Å²) in [5.74, 6) is -0.350. The van der Waals surface area contributed by atoms with Gasteiger partial charge in [0.15, 0.2) is 0 Å². The van der Waals surface area contributed by atoms with Crippen LogP contribution in [0.15, 0.2) is 0 Å². The second-order valence-electron chi connectivity index (χ2n) is 7.27. The van der Waals surface area contributed by atoms with Gasteiger partial charge in [-0.25, -0.2) is 4.79 Å². The van der Waals surface area contributed by atoms with E-state index < -0.39 is 5.60 Å². The summed E-state index contributed by atoms with van der Waals surface area (Å²) in [7, 11) is 0. The third-order valence-corrected chi connectivity index (χ3v) is 3.82. The lowest BCUT2D eigenvalue weighted by molar-refractivity contribution is -0.160. The van der Waals surface area contributed by atoms with Gasteiger partial charge in [0.05, 0.1) is 39.6 Å². The smallest absolute Gasteiger partial charge is 0.332 e. The van der Waals surface area contributed by atoms with Crippen molar-refractivity contribution in [2.45, 2.75) is 26.4 Å². The SMILES string of the molecule is CC(C)(C)OC(=O)COCCOCCN1CCN(CCOCCO)CC1. The molecule has 26 heavy (non-hydrogen) atoms. The van der Waals surface area contributed by atoms with Gasteiger partial charge in [-0.05, 0) is 20.8 Å². The molecule has 0 atom stereocenters. The van der Waals surface area contributed by atoms with Crippen molar-refractivity contribution < 1.29 is 28.8 Å². The highest BCUT2D eigenvalue weighted by atomic mass is 16.6. The molecule has 154 valence electrons. The molecule has 0 aliphatic carbocycles. The largest absolute Gasteiger partial charge is 0.458 e. The van der Waals surface area contributed by atoms with Crippen molar-refractivity contribution in [3.8, 4) is 0 Å². The minimum Gasteiger partial charge on any atom is -0.458 e. The minimum atomic E-state index is -0.479. The minimum absolute atomic E-state index is 0.0371. The molecule has 0 aromatic carbocycles.